The summed E-state index contributed by atoms with van der Waals surface area (Å²) in [5.41, 5.74) is 1.45. The highest BCUT2D eigenvalue weighted by atomic mass is 16.5. The van der Waals surface area contributed by atoms with E-state index >= 15 is 0 Å². The van der Waals surface area contributed by atoms with Crippen molar-refractivity contribution in [2.45, 2.75) is 25.5 Å². The summed E-state index contributed by atoms with van der Waals surface area (Å²) in [6.45, 7) is 6.88. The first kappa shape index (κ1) is 17.2. The molecule has 0 aliphatic carbocycles. The highest BCUT2D eigenvalue weighted by Crippen LogP contribution is 2.13. The standard InChI is InChI=1S/C17H22N2O4/c1-3-16(20)18-13-7-5-6-12(8-13)9-17(21)19-14-10-22-11-15(14)23-4-2/h3,5-8,14-15H,1,4,9-11H2,2H3,(H,18,20)(H,19,21)/t14-,15-/m1/s1. The van der Waals surface area contributed by atoms with E-state index in [-0.39, 0.29) is 30.4 Å². The van der Waals surface area contributed by atoms with Crippen LogP contribution in [0.25, 0.3) is 0 Å². The molecule has 23 heavy (non-hydrogen) atoms. The van der Waals surface area contributed by atoms with Crippen LogP contribution in [0.3, 0.4) is 0 Å². The maximum Gasteiger partial charge on any atom is 0.247 e. The number of nitrogens with one attached hydrogen (secondary N) is 2. The molecule has 1 fully saturated rings. The van der Waals surface area contributed by atoms with Gasteiger partial charge < -0.3 is 20.1 Å². The van der Waals surface area contributed by atoms with E-state index in [4.69, 9.17) is 9.47 Å². The zero-order chi connectivity index (χ0) is 16.7. The molecule has 6 nitrogen and oxygen atoms in total. The molecular weight excluding hydrogens is 296 g/mol. The van der Waals surface area contributed by atoms with Crippen molar-refractivity contribution in [1.82, 2.24) is 5.32 Å². The largest absolute Gasteiger partial charge is 0.376 e. The fourth-order valence-corrected chi connectivity index (χ4v) is 2.44. The first-order valence-electron chi connectivity index (χ1n) is 7.63. The molecule has 6 heteroatoms. The number of carbonyl (C=O) groups excluding carboxylic acids is 2. The van der Waals surface area contributed by atoms with E-state index in [2.05, 4.69) is 17.2 Å². The van der Waals surface area contributed by atoms with Crippen molar-refractivity contribution in [1.29, 1.82) is 0 Å². The smallest absolute Gasteiger partial charge is 0.247 e. The maximum absolute atomic E-state index is 12.2. The van der Waals surface area contributed by atoms with Crippen LogP contribution >= 0.6 is 0 Å². The molecule has 1 aliphatic rings. The van der Waals surface area contributed by atoms with Crippen LogP contribution < -0.4 is 10.6 Å². The number of hydrogen-bond acceptors (Lipinski definition) is 4. The molecule has 1 aromatic carbocycles. The molecule has 1 saturated heterocycles. The molecule has 0 radical (unpaired) electrons. The molecule has 0 unspecified atom stereocenters. The van der Waals surface area contributed by atoms with Gasteiger partial charge in [0, 0.05) is 12.3 Å². The first-order valence-corrected chi connectivity index (χ1v) is 7.63. The van der Waals surface area contributed by atoms with E-state index < -0.39 is 0 Å². The summed E-state index contributed by atoms with van der Waals surface area (Å²) in [7, 11) is 0. The van der Waals surface area contributed by atoms with Crippen LogP contribution in [0.1, 0.15) is 12.5 Å². The lowest BCUT2D eigenvalue weighted by Crippen LogP contribution is -2.44. The van der Waals surface area contributed by atoms with Gasteiger partial charge in [0.05, 0.1) is 25.7 Å². The third kappa shape index (κ3) is 5.19. The number of rotatable bonds is 7. The Morgan fingerprint density at radius 3 is 3.00 bits per heavy atom. The minimum atomic E-state index is -0.283. The number of hydrogen-bond donors (Lipinski definition) is 2. The SMILES string of the molecule is C=CC(=O)Nc1cccc(CC(=O)N[C@@H]2COC[C@H]2OCC)c1. The summed E-state index contributed by atoms with van der Waals surface area (Å²) in [5.74, 6) is -0.383. The molecule has 124 valence electrons. The van der Waals surface area contributed by atoms with Crippen LogP contribution in [0.5, 0.6) is 0 Å². The molecule has 1 aromatic rings. The lowest BCUT2D eigenvalue weighted by molar-refractivity contribution is -0.122. The molecule has 2 rings (SSSR count). The lowest BCUT2D eigenvalue weighted by atomic mass is 10.1. The Morgan fingerprint density at radius 1 is 1.43 bits per heavy atom. The summed E-state index contributed by atoms with van der Waals surface area (Å²) in [4.78, 5) is 23.5. The van der Waals surface area contributed by atoms with Crippen molar-refractivity contribution < 1.29 is 19.1 Å². The van der Waals surface area contributed by atoms with Crippen LogP contribution in [-0.2, 0) is 25.5 Å². The maximum atomic E-state index is 12.2. The van der Waals surface area contributed by atoms with E-state index in [0.717, 1.165) is 5.56 Å². The van der Waals surface area contributed by atoms with Gasteiger partial charge in [0.15, 0.2) is 0 Å². The third-order valence-corrected chi connectivity index (χ3v) is 3.50. The van der Waals surface area contributed by atoms with Crippen molar-refractivity contribution in [2.75, 3.05) is 25.1 Å². The van der Waals surface area contributed by atoms with Gasteiger partial charge in [-0.25, -0.2) is 0 Å². The van der Waals surface area contributed by atoms with Crippen molar-refractivity contribution in [3.63, 3.8) is 0 Å². The van der Waals surface area contributed by atoms with Gasteiger partial charge in [-0.1, -0.05) is 18.7 Å². The summed E-state index contributed by atoms with van der Waals surface area (Å²) in [6.07, 6.45) is 1.34. The van der Waals surface area contributed by atoms with E-state index in [9.17, 15) is 9.59 Å². The molecule has 2 atom stereocenters. The quantitative estimate of drug-likeness (QED) is 0.742. The molecule has 2 amide bonds. The molecule has 0 spiro atoms. The van der Waals surface area contributed by atoms with E-state index in [1.807, 2.05) is 13.0 Å². The normalized spacial score (nSPS) is 20.0. The highest BCUT2D eigenvalue weighted by molar-refractivity contribution is 5.98. The number of amides is 2. The Bertz CT molecular complexity index is 573. The Labute approximate surface area is 135 Å². The van der Waals surface area contributed by atoms with Gasteiger partial charge >= 0.3 is 0 Å². The molecule has 2 N–H and O–H groups in total. The number of anilines is 1. The molecular formula is C17H22N2O4. The average Bonchev–Trinajstić information content (AvgIpc) is 2.95. The van der Waals surface area contributed by atoms with Crippen LogP contribution in [0.4, 0.5) is 5.69 Å². The van der Waals surface area contributed by atoms with Crippen LogP contribution in [-0.4, -0.2) is 43.8 Å². The number of benzene rings is 1. The minimum Gasteiger partial charge on any atom is -0.376 e. The molecule has 1 heterocycles. The van der Waals surface area contributed by atoms with Crippen LogP contribution in [0.2, 0.25) is 0 Å². The highest BCUT2D eigenvalue weighted by Gasteiger charge is 2.29. The van der Waals surface area contributed by atoms with Crippen molar-refractivity contribution in [3.05, 3.63) is 42.5 Å². The van der Waals surface area contributed by atoms with Gasteiger partial charge in [-0.05, 0) is 30.7 Å². The zero-order valence-corrected chi connectivity index (χ0v) is 13.2. The Balaban J connectivity index is 1.91. The van der Waals surface area contributed by atoms with E-state index in [0.29, 0.717) is 25.5 Å². The van der Waals surface area contributed by atoms with Crippen molar-refractivity contribution >= 4 is 17.5 Å². The number of ether oxygens (including phenoxy) is 2. The third-order valence-electron chi connectivity index (χ3n) is 3.50. The van der Waals surface area contributed by atoms with Gasteiger partial charge in [0.1, 0.15) is 6.10 Å². The van der Waals surface area contributed by atoms with Gasteiger partial charge in [0.25, 0.3) is 0 Å². The first-order chi connectivity index (χ1) is 11.1. The van der Waals surface area contributed by atoms with E-state index in [1.165, 1.54) is 6.08 Å². The van der Waals surface area contributed by atoms with Crippen LogP contribution in [0, 0.1) is 0 Å². The average molecular weight is 318 g/mol. The summed E-state index contributed by atoms with van der Waals surface area (Å²) < 4.78 is 10.9. The second kappa shape index (κ2) is 8.45. The zero-order valence-electron chi connectivity index (χ0n) is 13.2. The predicted octanol–water partition coefficient (Wildman–Crippen LogP) is 1.27. The molecule has 0 bridgehead atoms. The van der Waals surface area contributed by atoms with Gasteiger partial charge in [-0.15, -0.1) is 0 Å². The second-order valence-corrected chi connectivity index (χ2v) is 5.28. The molecule has 0 saturated carbocycles. The van der Waals surface area contributed by atoms with Gasteiger partial charge in [0.2, 0.25) is 11.8 Å². The van der Waals surface area contributed by atoms with E-state index in [1.54, 1.807) is 18.2 Å². The minimum absolute atomic E-state index is 0.0952. The number of carbonyl (C=O) groups is 2. The fraction of sp³-hybridized carbons (Fsp3) is 0.412. The summed E-state index contributed by atoms with van der Waals surface area (Å²) >= 11 is 0. The Hall–Kier alpha value is -2.18. The molecule has 1 aliphatic heterocycles. The van der Waals surface area contributed by atoms with Gasteiger partial charge in [-0.2, -0.15) is 0 Å². The monoisotopic (exact) mass is 318 g/mol. The topological polar surface area (TPSA) is 76.7 Å². The summed E-state index contributed by atoms with van der Waals surface area (Å²) in [5, 5.41) is 5.61. The van der Waals surface area contributed by atoms with Crippen molar-refractivity contribution in [2.24, 2.45) is 0 Å². The Kier molecular flexibility index (Phi) is 6.31. The van der Waals surface area contributed by atoms with Crippen molar-refractivity contribution in [3.8, 4) is 0 Å². The second-order valence-electron chi connectivity index (χ2n) is 5.28. The van der Waals surface area contributed by atoms with Gasteiger partial charge in [-0.3, -0.25) is 9.59 Å². The molecule has 0 aromatic heterocycles. The fourth-order valence-electron chi connectivity index (χ4n) is 2.44. The summed E-state index contributed by atoms with van der Waals surface area (Å²) in [6, 6.07) is 7.05. The lowest BCUT2D eigenvalue weighted by Gasteiger charge is -2.19. The van der Waals surface area contributed by atoms with Crippen LogP contribution in [0.15, 0.2) is 36.9 Å². The Morgan fingerprint density at radius 2 is 2.26 bits per heavy atom. The predicted molar refractivity (Wildman–Crippen MR) is 87.1 cm³/mol.